The van der Waals surface area contributed by atoms with Crippen LogP contribution in [0.15, 0.2) is 0 Å². The zero-order valence-electron chi connectivity index (χ0n) is 12.2. The average Bonchev–Trinajstić information content (AvgIpc) is 2.17. The van der Waals surface area contributed by atoms with Gasteiger partial charge in [0.2, 0.25) is 0 Å². The van der Waals surface area contributed by atoms with Crippen LogP contribution in [0, 0.1) is 0 Å². The topological polar surface area (TPSA) is 55.8 Å². The van der Waals surface area contributed by atoms with Crippen LogP contribution in [0.4, 0.5) is 4.79 Å². The first-order valence-corrected chi connectivity index (χ1v) is 6.86. The number of rotatable bonds is 2. The van der Waals surface area contributed by atoms with Crippen molar-refractivity contribution in [2.45, 2.75) is 70.1 Å². The lowest BCUT2D eigenvalue weighted by atomic mass is 9.64. The number of amides is 1. The molecule has 1 aliphatic heterocycles. The maximum absolute atomic E-state index is 12.3. The summed E-state index contributed by atoms with van der Waals surface area (Å²) in [6.07, 6.45) is 4.03. The molecule has 1 heterocycles. The number of likely N-dealkylation sites (tertiary alicyclic amines) is 1. The van der Waals surface area contributed by atoms with Crippen molar-refractivity contribution in [3.63, 3.8) is 0 Å². The molecule has 1 saturated carbocycles. The van der Waals surface area contributed by atoms with Gasteiger partial charge in [0.15, 0.2) is 0 Å². The van der Waals surface area contributed by atoms with Gasteiger partial charge in [-0.3, -0.25) is 9.69 Å². The summed E-state index contributed by atoms with van der Waals surface area (Å²) in [7, 11) is 1.37. The molecule has 1 aliphatic carbocycles. The lowest BCUT2D eigenvalue weighted by Gasteiger charge is -2.62. The molecule has 5 nitrogen and oxygen atoms in total. The van der Waals surface area contributed by atoms with E-state index in [0.717, 1.165) is 25.7 Å². The number of hydrogen-bond acceptors (Lipinski definition) is 4. The zero-order chi connectivity index (χ0) is 14.3. The molecule has 1 amide bonds. The fourth-order valence-electron chi connectivity index (χ4n) is 3.03. The number of esters is 1. The predicted octanol–water partition coefficient (Wildman–Crippen LogP) is 2.48. The molecule has 0 aromatic carbocycles. The third-order valence-corrected chi connectivity index (χ3v) is 4.00. The summed E-state index contributed by atoms with van der Waals surface area (Å²) in [5.41, 5.74) is -0.547. The first kappa shape index (κ1) is 14.2. The molecule has 1 atom stereocenters. The van der Waals surface area contributed by atoms with Gasteiger partial charge in [-0.15, -0.1) is 0 Å². The summed E-state index contributed by atoms with van der Waals surface area (Å²) in [6.45, 7) is 5.56. The summed E-state index contributed by atoms with van der Waals surface area (Å²) in [6, 6.07) is -0.0670. The maximum Gasteiger partial charge on any atom is 0.411 e. The van der Waals surface area contributed by atoms with E-state index in [1.54, 1.807) is 4.90 Å². The zero-order valence-corrected chi connectivity index (χ0v) is 12.2. The Hall–Kier alpha value is -1.26. The van der Waals surface area contributed by atoms with E-state index in [0.29, 0.717) is 0 Å². The van der Waals surface area contributed by atoms with Crippen molar-refractivity contribution >= 4 is 12.1 Å². The highest BCUT2D eigenvalue weighted by Crippen LogP contribution is 2.52. The Kier molecular flexibility index (Phi) is 3.49. The van der Waals surface area contributed by atoms with Gasteiger partial charge in [-0.25, -0.2) is 4.79 Å². The van der Waals surface area contributed by atoms with Crippen molar-refractivity contribution in [1.82, 2.24) is 4.90 Å². The van der Waals surface area contributed by atoms with Crippen molar-refractivity contribution in [2.24, 2.45) is 0 Å². The minimum atomic E-state index is -0.507. The number of carbonyl (C=O) groups excluding carboxylic acids is 2. The molecule has 5 heteroatoms. The number of hydrogen-bond donors (Lipinski definition) is 0. The number of carbonyl (C=O) groups is 2. The lowest BCUT2D eigenvalue weighted by Crippen LogP contribution is -2.71. The van der Waals surface area contributed by atoms with Crippen LogP contribution in [0.2, 0.25) is 0 Å². The third-order valence-electron chi connectivity index (χ3n) is 4.00. The summed E-state index contributed by atoms with van der Waals surface area (Å²) in [4.78, 5) is 25.4. The Labute approximate surface area is 114 Å². The summed E-state index contributed by atoms with van der Waals surface area (Å²) >= 11 is 0. The molecule has 0 aromatic heterocycles. The Morgan fingerprint density at radius 1 is 1.32 bits per heavy atom. The van der Waals surface area contributed by atoms with Crippen molar-refractivity contribution < 1.29 is 19.1 Å². The van der Waals surface area contributed by atoms with E-state index in [4.69, 9.17) is 4.74 Å². The molecule has 2 fully saturated rings. The van der Waals surface area contributed by atoms with E-state index in [-0.39, 0.29) is 30.1 Å². The number of ether oxygens (including phenoxy) is 2. The molecule has 108 valence electrons. The minimum absolute atomic E-state index is 0.0407. The quantitative estimate of drug-likeness (QED) is 0.723. The van der Waals surface area contributed by atoms with Crippen LogP contribution in [-0.2, 0) is 14.3 Å². The average molecular weight is 269 g/mol. The van der Waals surface area contributed by atoms with Crippen LogP contribution in [0.25, 0.3) is 0 Å². The largest absolute Gasteiger partial charge is 0.469 e. The van der Waals surface area contributed by atoms with E-state index in [2.05, 4.69) is 4.74 Å². The van der Waals surface area contributed by atoms with Gasteiger partial charge < -0.3 is 9.47 Å². The van der Waals surface area contributed by atoms with Crippen LogP contribution in [0.1, 0.15) is 52.9 Å². The van der Waals surface area contributed by atoms with Gasteiger partial charge in [0.1, 0.15) is 5.60 Å². The molecule has 0 radical (unpaired) electrons. The molecule has 1 unspecified atom stereocenters. The fraction of sp³-hybridized carbons (Fsp3) is 0.857. The van der Waals surface area contributed by atoms with Gasteiger partial charge in [-0.05, 0) is 46.5 Å². The number of nitrogens with zero attached hydrogens (tertiary/aromatic N) is 1. The van der Waals surface area contributed by atoms with E-state index >= 15 is 0 Å². The smallest absolute Gasteiger partial charge is 0.411 e. The summed E-state index contributed by atoms with van der Waals surface area (Å²) in [5, 5.41) is 0. The Bertz CT molecular complexity index is 381. The Balaban J connectivity index is 2.03. The monoisotopic (exact) mass is 269 g/mol. The third kappa shape index (κ3) is 2.69. The van der Waals surface area contributed by atoms with E-state index in [1.165, 1.54) is 7.11 Å². The predicted molar refractivity (Wildman–Crippen MR) is 69.7 cm³/mol. The minimum Gasteiger partial charge on any atom is -0.469 e. The van der Waals surface area contributed by atoms with Gasteiger partial charge in [0, 0.05) is 11.6 Å². The second kappa shape index (κ2) is 4.69. The van der Waals surface area contributed by atoms with Gasteiger partial charge >= 0.3 is 12.1 Å². The molecule has 0 bridgehead atoms. The lowest BCUT2D eigenvalue weighted by molar-refractivity contribution is -0.152. The maximum atomic E-state index is 12.3. The number of methoxy groups -OCH3 is 1. The van der Waals surface area contributed by atoms with E-state index in [1.807, 2.05) is 20.8 Å². The molecule has 0 aromatic rings. The molecule has 19 heavy (non-hydrogen) atoms. The van der Waals surface area contributed by atoms with Gasteiger partial charge in [-0.2, -0.15) is 0 Å². The second-order valence-corrected chi connectivity index (χ2v) is 6.57. The standard InChI is InChI=1S/C14H23NO4/c1-13(2,3)19-12(17)15-10(8-11(16)18-4)9-14(15)6-5-7-14/h10H,5-9H2,1-4H3. The van der Waals surface area contributed by atoms with Gasteiger partial charge in [0.05, 0.1) is 13.5 Å². The van der Waals surface area contributed by atoms with Crippen LogP contribution >= 0.6 is 0 Å². The van der Waals surface area contributed by atoms with Crippen molar-refractivity contribution in [1.29, 1.82) is 0 Å². The molecule has 1 spiro atoms. The molecule has 2 aliphatic rings. The molecular formula is C14H23NO4. The summed E-state index contributed by atoms with van der Waals surface area (Å²) in [5.74, 6) is -0.271. The van der Waals surface area contributed by atoms with Crippen molar-refractivity contribution in [3.8, 4) is 0 Å². The normalized spacial score (nSPS) is 24.4. The molecule has 2 rings (SSSR count). The van der Waals surface area contributed by atoms with Gasteiger partial charge in [0.25, 0.3) is 0 Å². The van der Waals surface area contributed by atoms with E-state index in [9.17, 15) is 9.59 Å². The molecule has 1 saturated heterocycles. The van der Waals surface area contributed by atoms with Crippen molar-refractivity contribution in [2.75, 3.05) is 7.11 Å². The van der Waals surface area contributed by atoms with E-state index < -0.39 is 5.60 Å². The second-order valence-electron chi connectivity index (χ2n) is 6.57. The highest BCUT2D eigenvalue weighted by atomic mass is 16.6. The Morgan fingerprint density at radius 2 is 1.95 bits per heavy atom. The molecular weight excluding hydrogens is 246 g/mol. The summed E-state index contributed by atoms with van der Waals surface area (Å²) < 4.78 is 10.1. The van der Waals surface area contributed by atoms with Crippen LogP contribution < -0.4 is 0 Å². The van der Waals surface area contributed by atoms with Crippen LogP contribution in [0.5, 0.6) is 0 Å². The SMILES string of the molecule is COC(=O)CC1CC2(CCC2)N1C(=O)OC(C)(C)C. The highest BCUT2D eigenvalue weighted by molar-refractivity contribution is 5.75. The van der Waals surface area contributed by atoms with Crippen LogP contribution in [0.3, 0.4) is 0 Å². The first-order valence-electron chi connectivity index (χ1n) is 6.86. The fourth-order valence-corrected chi connectivity index (χ4v) is 3.03. The highest BCUT2D eigenvalue weighted by Gasteiger charge is 2.58. The van der Waals surface area contributed by atoms with Crippen molar-refractivity contribution in [3.05, 3.63) is 0 Å². The molecule has 0 N–H and O–H groups in total. The first-order chi connectivity index (χ1) is 8.77. The van der Waals surface area contributed by atoms with Gasteiger partial charge in [-0.1, -0.05) is 0 Å². The Morgan fingerprint density at radius 3 is 2.37 bits per heavy atom. The van der Waals surface area contributed by atoms with Crippen LogP contribution in [-0.4, -0.2) is 41.3 Å².